The van der Waals surface area contributed by atoms with Crippen LogP contribution in [0.3, 0.4) is 0 Å². The average molecular weight is 272 g/mol. The van der Waals surface area contributed by atoms with Crippen molar-refractivity contribution in [1.29, 1.82) is 0 Å². The Labute approximate surface area is 121 Å². The van der Waals surface area contributed by atoms with E-state index < -0.39 is 0 Å². The molecule has 0 aliphatic carbocycles. The standard InChI is InChI=1S/C17H24N2O/c1-18(14-6-3-2-4-7-14)10-5-11-19-15-8-9-16(19)13-17(20)12-15/h2-4,6-7,15-16H,5,8-13H2,1H3. The summed E-state index contributed by atoms with van der Waals surface area (Å²) in [6.07, 6.45) is 5.22. The summed E-state index contributed by atoms with van der Waals surface area (Å²) < 4.78 is 0. The lowest BCUT2D eigenvalue weighted by molar-refractivity contribution is -0.123. The van der Waals surface area contributed by atoms with Crippen molar-refractivity contribution in [3.63, 3.8) is 0 Å². The highest BCUT2D eigenvalue weighted by Crippen LogP contribution is 2.33. The van der Waals surface area contributed by atoms with Crippen LogP contribution in [0.4, 0.5) is 5.69 Å². The zero-order valence-corrected chi connectivity index (χ0v) is 12.3. The lowest BCUT2D eigenvalue weighted by atomic mass is 10.0. The van der Waals surface area contributed by atoms with Crippen LogP contribution in [0.1, 0.15) is 32.1 Å². The van der Waals surface area contributed by atoms with Gasteiger partial charge in [-0.1, -0.05) is 18.2 Å². The van der Waals surface area contributed by atoms with Crippen LogP contribution in [0, 0.1) is 0 Å². The predicted octanol–water partition coefficient (Wildman–Crippen LogP) is 2.71. The molecule has 3 heteroatoms. The van der Waals surface area contributed by atoms with E-state index in [1.807, 2.05) is 0 Å². The summed E-state index contributed by atoms with van der Waals surface area (Å²) >= 11 is 0. The molecule has 0 spiro atoms. The lowest BCUT2D eigenvalue weighted by Gasteiger charge is -2.34. The van der Waals surface area contributed by atoms with Crippen LogP contribution in [-0.2, 0) is 4.79 Å². The van der Waals surface area contributed by atoms with Crippen molar-refractivity contribution in [2.75, 3.05) is 25.0 Å². The first-order valence-corrected chi connectivity index (χ1v) is 7.77. The minimum atomic E-state index is 0.482. The molecule has 3 rings (SSSR count). The molecule has 1 aromatic rings. The minimum absolute atomic E-state index is 0.482. The fourth-order valence-electron chi connectivity index (χ4n) is 3.73. The number of hydrogen-bond acceptors (Lipinski definition) is 3. The van der Waals surface area contributed by atoms with Crippen molar-refractivity contribution in [3.05, 3.63) is 30.3 Å². The third kappa shape index (κ3) is 2.88. The molecule has 2 aliphatic rings. The third-order valence-electron chi connectivity index (χ3n) is 4.80. The van der Waals surface area contributed by atoms with Gasteiger partial charge in [-0.05, 0) is 31.4 Å². The molecule has 0 amide bonds. The summed E-state index contributed by atoms with van der Waals surface area (Å²) in [5, 5.41) is 0. The predicted molar refractivity (Wildman–Crippen MR) is 82.1 cm³/mol. The smallest absolute Gasteiger partial charge is 0.136 e. The van der Waals surface area contributed by atoms with Gasteiger partial charge in [0.15, 0.2) is 0 Å². The van der Waals surface area contributed by atoms with Gasteiger partial charge in [-0.25, -0.2) is 0 Å². The molecule has 2 unspecified atom stereocenters. The third-order valence-corrected chi connectivity index (χ3v) is 4.80. The largest absolute Gasteiger partial charge is 0.375 e. The van der Waals surface area contributed by atoms with Crippen molar-refractivity contribution in [2.45, 2.75) is 44.2 Å². The van der Waals surface area contributed by atoms with Crippen LogP contribution in [0.25, 0.3) is 0 Å². The molecule has 108 valence electrons. The Balaban J connectivity index is 1.48. The highest BCUT2D eigenvalue weighted by molar-refractivity contribution is 5.80. The monoisotopic (exact) mass is 272 g/mol. The van der Waals surface area contributed by atoms with E-state index in [-0.39, 0.29) is 0 Å². The van der Waals surface area contributed by atoms with Gasteiger partial charge in [0.05, 0.1) is 0 Å². The van der Waals surface area contributed by atoms with Crippen molar-refractivity contribution in [3.8, 4) is 0 Å². The maximum absolute atomic E-state index is 11.6. The van der Waals surface area contributed by atoms with E-state index in [9.17, 15) is 4.79 Å². The molecule has 2 aliphatic heterocycles. The number of piperidine rings is 1. The van der Waals surface area contributed by atoms with Gasteiger partial charge in [0.2, 0.25) is 0 Å². The summed E-state index contributed by atoms with van der Waals surface area (Å²) in [5.41, 5.74) is 1.28. The van der Waals surface area contributed by atoms with E-state index in [0.717, 1.165) is 25.9 Å². The van der Waals surface area contributed by atoms with Gasteiger partial charge in [0.25, 0.3) is 0 Å². The quantitative estimate of drug-likeness (QED) is 0.823. The molecule has 3 nitrogen and oxygen atoms in total. The second kappa shape index (κ2) is 5.96. The maximum atomic E-state index is 11.6. The Kier molecular flexibility index (Phi) is 4.06. The van der Waals surface area contributed by atoms with E-state index in [1.54, 1.807) is 0 Å². The number of para-hydroxylation sites is 1. The zero-order valence-electron chi connectivity index (χ0n) is 12.3. The Morgan fingerprint density at radius 1 is 1.15 bits per heavy atom. The van der Waals surface area contributed by atoms with Crippen molar-refractivity contribution in [2.24, 2.45) is 0 Å². The Bertz CT molecular complexity index is 443. The topological polar surface area (TPSA) is 23.6 Å². The molecule has 2 heterocycles. The van der Waals surface area contributed by atoms with E-state index in [2.05, 4.69) is 47.2 Å². The molecule has 1 aromatic carbocycles. The van der Waals surface area contributed by atoms with Crippen LogP contribution < -0.4 is 4.90 Å². The number of anilines is 1. The van der Waals surface area contributed by atoms with Gasteiger partial charge in [0, 0.05) is 50.7 Å². The Morgan fingerprint density at radius 2 is 1.80 bits per heavy atom. The van der Waals surface area contributed by atoms with Crippen LogP contribution in [0.5, 0.6) is 0 Å². The van der Waals surface area contributed by atoms with Crippen LogP contribution in [0.2, 0.25) is 0 Å². The van der Waals surface area contributed by atoms with Gasteiger partial charge in [-0.3, -0.25) is 9.69 Å². The normalized spacial score (nSPS) is 25.9. The van der Waals surface area contributed by atoms with Gasteiger partial charge in [-0.15, -0.1) is 0 Å². The molecular formula is C17H24N2O. The molecule has 2 atom stereocenters. The minimum Gasteiger partial charge on any atom is -0.375 e. The van der Waals surface area contributed by atoms with Gasteiger partial charge < -0.3 is 4.90 Å². The van der Waals surface area contributed by atoms with Gasteiger partial charge in [-0.2, -0.15) is 0 Å². The number of carbonyl (C=O) groups excluding carboxylic acids is 1. The Morgan fingerprint density at radius 3 is 2.45 bits per heavy atom. The van der Waals surface area contributed by atoms with Gasteiger partial charge >= 0.3 is 0 Å². The number of carbonyl (C=O) groups is 1. The second-order valence-corrected chi connectivity index (χ2v) is 6.18. The molecule has 2 bridgehead atoms. The number of Topliss-reactive ketones (excluding diaryl/α,β-unsaturated/α-hetero) is 1. The second-order valence-electron chi connectivity index (χ2n) is 6.18. The van der Waals surface area contributed by atoms with E-state index in [0.29, 0.717) is 17.9 Å². The summed E-state index contributed by atoms with van der Waals surface area (Å²) in [5.74, 6) is 0.482. The number of fused-ring (bicyclic) bond motifs is 2. The Hall–Kier alpha value is -1.35. The molecule has 0 N–H and O–H groups in total. The molecule has 0 saturated carbocycles. The molecule has 20 heavy (non-hydrogen) atoms. The summed E-state index contributed by atoms with van der Waals surface area (Å²) in [6, 6.07) is 11.6. The molecule has 0 radical (unpaired) electrons. The lowest BCUT2D eigenvalue weighted by Crippen LogP contribution is -2.44. The molecule has 2 saturated heterocycles. The average Bonchev–Trinajstić information content (AvgIpc) is 2.70. The molecule has 2 fully saturated rings. The zero-order chi connectivity index (χ0) is 13.9. The fraction of sp³-hybridized carbons (Fsp3) is 0.588. The van der Waals surface area contributed by atoms with Crippen LogP contribution in [0.15, 0.2) is 30.3 Å². The van der Waals surface area contributed by atoms with E-state index >= 15 is 0 Å². The van der Waals surface area contributed by atoms with Crippen molar-refractivity contribution in [1.82, 2.24) is 4.90 Å². The fourth-order valence-corrected chi connectivity index (χ4v) is 3.73. The van der Waals surface area contributed by atoms with Crippen molar-refractivity contribution >= 4 is 11.5 Å². The summed E-state index contributed by atoms with van der Waals surface area (Å²) in [7, 11) is 2.16. The highest BCUT2D eigenvalue weighted by Gasteiger charge is 2.39. The first-order valence-electron chi connectivity index (χ1n) is 7.77. The first kappa shape index (κ1) is 13.6. The van der Waals surface area contributed by atoms with Crippen LogP contribution in [-0.4, -0.2) is 42.9 Å². The number of rotatable bonds is 5. The van der Waals surface area contributed by atoms with Crippen LogP contribution >= 0.6 is 0 Å². The summed E-state index contributed by atoms with van der Waals surface area (Å²) in [4.78, 5) is 16.5. The first-order chi connectivity index (χ1) is 9.74. The van der Waals surface area contributed by atoms with E-state index in [1.165, 1.54) is 24.9 Å². The maximum Gasteiger partial charge on any atom is 0.136 e. The van der Waals surface area contributed by atoms with Crippen molar-refractivity contribution < 1.29 is 4.79 Å². The molecule has 0 aromatic heterocycles. The SMILES string of the molecule is CN(CCCN1C2CCC1CC(=O)C2)c1ccccc1. The van der Waals surface area contributed by atoms with Gasteiger partial charge in [0.1, 0.15) is 5.78 Å². The number of nitrogens with zero attached hydrogens (tertiary/aromatic N) is 2. The number of benzene rings is 1. The summed E-state index contributed by atoms with van der Waals surface area (Å²) in [6.45, 7) is 2.22. The van der Waals surface area contributed by atoms with E-state index in [4.69, 9.17) is 0 Å². The highest BCUT2D eigenvalue weighted by atomic mass is 16.1. The molecular weight excluding hydrogens is 248 g/mol. The number of ketones is 1. The number of hydrogen-bond donors (Lipinski definition) is 0.